The van der Waals surface area contributed by atoms with Crippen molar-refractivity contribution in [1.82, 2.24) is 15.4 Å². The molecule has 1 aromatic heterocycles. The highest BCUT2D eigenvalue weighted by Crippen LogP contribution is 2.09. The number of nitrogens with one attached hydrogen (secondary N) is 1. The van der Waals surface area contributed by atoms with Crippen LogP contribution in [0.3, 0.4) is 0 Å². The molecule has 15 heavy (non-hydrogen) atoms. The number of hydrazine groups is 1. The van der Waals surface area contributed by atoms with Crippen molar-refractivity contribution in [3.8, 4) is 0 Å². The standard InChI is InChI=1S/C11H17N3O/c1-10(11-4-2-3-5-12-11)13-14-6-8-15-9-7-14/h2-5,10,13H,6-9H2,1H3. The summed E-state index contributed by atoms with van der Waals surface area (Å²) >= 11 is 0. The number of hydrogen-bond donors (Lipinski definition) is 1. The third-order valence-electron chi connectivity index (χ3n) is 2.52. The van der Waals surface area contributed by atoms with Crippen molar-refractivity contribution in [1.29, 1.82) is 0 Å². The van der Waals surface area contributed by atoms with Crippen LogP contribution in [0.2, 0.25) is 0 Å². The molecular formula is C11H17N3O. The normalized spacial score (nSPS) is 20.1. The summed E-state index contributed by atoms with van der Waals surface area (Å²) in [6, 6.07) is 6.24. The highest BCUT2D eigenvalue weighted by molar-refractivity contribution is 5.07. The zero-order valence-electron chi connectivity index (χ0n) is 9.02. The van der Waals surface area contributed by atoms with E-state index in [2.05, 4.69) is 22.3 Å². The van der Waals surface area contributed by atoms with E-state index in [0.717, 1.165) is 32.0 Å². The van der Waals surface area contributed by atoms with Gasteiger partial charge in [-0.2, -0.15) is 0 Å². The van der Waals surface area contributed by atoms with Crippen LogP contribution in [0, 0.1) is 0 Å². The summed E-state index contributed by atoms with van der Waals surface area (Å²) in [7, 11) is 0. The molecule has 0 aromatic carbocycles. The maximum atomic E-state index is 5.29. The van der Waals surface area contributed by atoms with Crippen LogP contribution in [0.25, 0.3) is 0 Å². The Balaban J connectivity index is 1.88. The van der Waals surface area contributed by atoms with Crippen LogP contribution in [0.4, 0.5) is 0 Å². The molecule has 0 amide bonds. The fourth-order valence-corrected chi connectivity index (χ4v) is 1.66. The molecule has 1 aliphatic rings. The van der Waals surface area contributed by atoms with Gasteiger partial charge in [-0.25, -0.2) is 10.4 Å². The van der Waals surface area contributed by atoms with Gasteiger partial charge in [0.1, 0.15) is 0 Å². The fraction of sp³-hybridized carbons (Fsp3) is 0.545. The minimum Gasteiger partial charge on any atom is -0.379 e. The van der Waals surface area contributed by atoms with Crippen LogP contribution in [0.15, 0.2) is 24.4 Å². The Morgan fingerprint density at radius 2 is 2.20 bits per heavy atom. The summed E-state index contributed by atoms with van der Waals surface area (Å²) in [6.45, 7) is 5.62. The molecule has 4 nitrogen and oxygen atoms in total. The molecule has 0 radical (unpaired) electrons. The average molecular weight is 207 g/mol. The molecule has 4 heteroatoms. The molecule has 1 atom stereocenters. The van der Waals surface area contributed by atoms with Crippen LogP contribution < -0.4 is 5.43 Å². The van der Waals surface area contributed by atoms with Gasteiger partial charge in [-0.15, -0.1) is 0 Å². The van der Waals surface area contributed by atoms with Gasteiger partial charge < -0.3 is 4.74 Å². The average Bonchev–Trinajstić information content (AvgIpc) is 2.31. The summed E-state index contributed by atoms with van der Waals surface area (Å²) in [5.74, 6) is 0. The lowest BCUT2D eigenvalue weighted by atomic mass is 10.2. The Hall–Kier alpha value is -0.970. The topological polar surface area (TPSA) is 37.4 Å². The lowest BCUT2D eigenvalue weighted by Gasteiger charge is -2.30. The van der Waals surface area contributed by atoms with Crippen LogP contribution in [0.1, 0.15) is 18.7 Å². The second kappa shape index (κ2) is 5.21. The monoisotopic (exact) mass is 207 g/mol. The maximum Gasteiger partial charge on any atom is 0.0608 e. The SMILES string of the molecule is CC(NN1CCOCC1)c1ccccn1. The van der Waals surface area contributed by atoms with E-state index in [-0.39, 0.29) is 6.04 Å². The van der Waals surface area contributed by atoms with Gasteiger partial charge in [0.25, 0.3) is 0 Å². The molecule has 2 rings (SSSR count). The number of morpholine rings is 1. The molecule has 1 unspecified atom stereocenters. The predicted molar refractivity (Wildman–Crippen MR) is 58.2 cm³/mol. The Morgan fingerprint density at radius 3 is 2.87 bits per heavy atom. The summed E-state index contributed by atoms with van der Waals surface area (Å²) in [5.41, 5.74) is 4.50. The van der Waals surface area contributed by atoms with Gasteiger partial charge in [-0.3, -0.25) is 4.98 Å². The molecule has 0 bridgehead atoms. The highest BCUT2D eigenvalue weighted by Gasteiger charge is 2.14. The van der Waals surface area contributed by atoms with Gasteiger partial charge in [-0.05, 0) is 19.1 Å². The number of aromatic nitrogens is 1. The summed E-state index contributed by atoms with van der Waals surface area (Å²) in [5, 5.41) is 2.20. The highest BCUT2D eigenvalue weighted by atomic mass is 16.5. The first-order valence-electron chi connectivity index (χ1n) is 5.36. The lowest BCUT2D eigenvalue weighted by Crippen LogP contribution is -2.46. The van der Waals surface area contributed by atoms with E-state index in [0.29, 0.717) is 0 Å². The third kappa shape index (κ3) is 2.99. The summed E-state index contributed by atoms with van der Waals surface area (Å²) in [6.07, 6.45) is 1.83. The molecule has 1 saturated heterocycles. The van der Waals surface area contributed by atoms with Crippen molar-refractivity contribution in [2.24, 2.45) is 0 Å². The van der Waals surface area contributed by atoms with Crippen molar-refractivity contribution < 1.29 is 4.74 Å². The quantitative estimate of drug-likeness (QED) is 0.801. The maximum absolute atomic E-state index is 5.29. The van der Waals surface area contributed by atoms with Crippen molar-refractivity contribution in [2.45, 2.75) is 13.0 Å². The third-order valence-corrected chi connectivity index (χ3v) is 2.52. The van der Waals surface area contributed by atoms with Crippen LogP contribution >= 0.6 is 0 Å². The van der Waals surface area contributed by atoms with E-state index in [1.165, 1.54) is 0 Å². The predicted octanol–water partition coefficient (Wildman–Crippen LogP) is 0.979. The van der Waals surface area contributed by atoms with Gasteiger partial charge >= 0.3 is 0 Å². The lowest BCUT2D eigenvalue weighted by molar-refractivity contribution is 0.00453. The number of nitrogens with zero attached hydrogens (tertiary/aromatic N) is 2. The Morgan fingerprint density at radius 1 is 1.40 bits per heavy atom. The minimum absolute atomic E-state index is 0.254. The van der Waals surface area contributed by atoms with Crippen LogP contribution in [-0.4, -0.2) is 36.3 Å². The van der Waals surface area contributed by atoms with Gasteiger partial charge in [0.15, 0.2) is 0 Å². The Kier molecular flexibility index (Phi) is 3.66. The fourth-order valence-electron chi connectivity index (χ4n) is 1.66. The zero-order chi connectivity index (χ0) is 10.5. The second-order valence-corrected chi connectivity index (χ2v) is 3.70. The summed E-state index contributed by atoms with van der Waals surface area (Å²) < 4.78 is 5.29. The van der Waals surface area contributed by atoms with Crippen LogP contribution in [-0.2, 0) is 4.74 Å². The Labute approximate surface area is 90.2 Å². The van der Waals surface area contributed by atoms with E-state index in [9.17, 15) is 0 Å². The molecule has 1 aliphatic heterocycles. The first kappa shape index (κ1) is 10.5. The number of pyridine rings is 1. The van der Waals surface area contributed by atoms with Gasteiger partial charge in [0.05, 0.1) is 24.9 Å². The molecule has 2 heterocycles. The smallest absolute Gasteiger partial charge is 0.0608 e. The number of hydrogen-bond acceptors (Lipinski definition) is 4. The van der Waals surface area contributed by atoms with E-state index in [1.54, 1.807) is 0 Å². The molecule has 0 spiro atoms. The van der Waals surface area contributed by atoms with Crippen molar-refractivity contribution in [2.75, 3.05) is 26.3 Å². The number of ether oxygens (including phenoxy) is 1. The van der Waals surface area contributed by atoms with Crippen molar-refractivity contribution in [3.63, 3.8) is 0 Å². The van der Waals surface area contributed by atoms with E-state index in [4.69, 9.17) is 4.74 Å². The zero-order valence-corrected chi connectivity index (χ0v) is 9.02. The van der Waals surface area contributed by atoms with Crippen molar-refractivity contribution in [3.05, 3.63) is 30.1 Å². The second-order valence-electron chi connectivity index (χ2n) is 3.70. The first-order chi connectivity index (χ1) is 7.36. The van der Waals surface area contributed by atoms with Gasteiger partial charge in [-0.1, -0.05) is 6.07 Å². The van der Waals surface area contributed by atoms with Crippen LogP contribution in [0.5, 0.6) is 0 Å². The summed E-state index contributed by atoms with van der Waals surface area (Å²) in [4.78, 5) is 4.32. The van der Waals surface area contributed by atoms with Crippen molar-refractivity contribution >= 4 is 0 Å². The Bertz CT molecular complexity index is 285. The molecule has 82 valence electrons. The molecule has 1 fully saturated rings. The van der Waals surface area contributed by atoms with E-state index < -0.39 is 0 Å². The molecule has 0 aliphatic carbocycles. The van der Waals surface area contributed by atoms with Gasteiger partial charge in [0.2, 0.25) is 0 Å². The molecule has 1 aromatic rings. The molecular weight excluding hydrogens is 190 g/mol. The van der Waals surface area contributed by atoms with Gasteiger partial charge in [0, 0.05) is 19.3 Å². The largest absolute Gasteiger partial charge is 0.379 e. The molecule has 0 saturated carbocycles. The first-order valence-corrected chi connectivity index (χ1v) is 5.36. The van der Waals surface area contributed by atoms with E-state index in [1.807, 2.05) is 24.4 Å². The van der Waals surface area contributed by atoms with E-state index >= 15 is 0 Å². The molecule has 1 N–H and O–H groups in total. The number of rotatable bonds is 3. The minimum atomic E-state index is 0.254.